The van der Waals surface area contributed by atoms with Gasteiger partial charge in [0.1, 0.15) is 30.2 Å². The average molecular weight is 722 g/mol. The Morgan fingerprint density at radius 3 is 1.90 bits per heavy atom. The highest BCUT2D eigenvalue weighted by atomic mass is 16.4. The molecule has 0 saturated heterocycles. The van der Waals surface area contributed by atoms with Crippen LogP contribution in [0.3, 0.4) is 0 Å². The molecule has 13 N–H and O–H groups in total. The van der Waals surface area contributed by atoms with Crippen molar-refractivity contribution in [1.29, 1.82) is 0 Å². The zero-order valence-electron chi connectivity index (χ0n) is 30.8. The van der Waals surface area contributed by atoms with Gasteiger partial charge in [-0.2, -0.15) is 0 Å². The van der Waals surface area contributed by atoms with E-state index < -0.39 is 71.8 Å². The first kappa shape index (κ1) is 44.3. The van der Waals surface area contributed by atoms with Crippen molar-refractivity contribution in [3.63, 3.8) is 0 Å². The molecule has 51 heavy (non-hydrogen) atoms. The van der Waals surface area contributed by atoms with Crippen LogP contribution in [0, 0.1) is 17.8 Å². The summed E-state index contributed by atoms with van der Waals surface area (Å²) < 4.78 is 0. The van der Waals surface area contributed by atoms with E-state index in [2.05, 4.69) is 41.5 Å². The molecular formula is C33H59N11O7. The van der Waals surface area contributed by atoms with E-state index in [9.17, 15) is 33.9 Å². The maximum Gasteiger partial charge on any atom is 0.326 e. The number of aromatic nitrogens is 2. The molecule has 0 spiro atoms. The predicted octanol–water partition coefficient (Wildman–Crippen LogP) is -1.00. The number of guanidine groups is 1. The average Bonchev–Trinajstić information content (AvgIpc) is 3.55. The Kier molecular flexibility index (Phi) is 19.2. The van der Waals surface area contributed by atoms with E-state index in [0.717, 1.165) is 0 Å². The van der Waals surface area contributed by atoms with Crippen molar-refractivity contribution in [3.8, 4) is 0 Å². The number of carboxylic acids is 1. The van der Waals surface area contributed by atoms with Crippen molar-refractivity contribution in [2.24, 2.45) is 39.9 Å². The van der Waals surface area contributed by atoms with Crippen LogP contribution in [-0.4, -0.2) is 99.3 Å². The number of nitrogens with zero attached hydrogens (tertiary/aromatic N) is 2. The molecule has 0 bridgehead atoms. The van der Waals surface area contributed by atoms with Crippen LogP contribution in [0.5, 0.6) is 0 Å². The lowest BCUT2D eigenvalue weighted by Crippen LogP contribution is -2.60. The summed E-state index contributed by atoms with van der Waals surface area (Å²) in [6, 6.07) is -6.54. The maximum atomic E-state index is 13.7. The number of imidazole rings is 1. The summed E-state index contributed by atoms with van der Waals surface area (Å²) in [5, 5.41) is 22.8. The first-order valence-electron chi connectivity index (χ1n) is 17.4. The number of aliphatic imine (C=N–C) groups is 1. The Labute approximate surface area is 299 Å². The number of hydrogen-bond acceptors (Lipinski definition) is 9. The third kappa shape index (κ3) is 16.7. The van der Waals surface area contributed by atoms with Gasteiger partial charge in [-0.3, -0.25) is 29.0 Å². The van der Waals surface area contributed by atoms with Gasteiger partial charge in [-0.1, -0.05) is 48.0 Å². The van der Waals surface area contributed by atoms with E-state index in [1.807, 2.05) is 34.6 Å². The van der Waals surface area contributed by atoms with Crippen molar-refractivity contribution >= 4 is 41.5 Å². The summed E-state index contributed by atoms with van der Waals surface area (Å²) in [6.07, 6.45) is 4.39. The number of H-pyrrole nitrogens is 1. The van der Waals surface area contributed by atoms with E-state index >= 15 is 0 Å². The zero-order valence-corrected chi connectivity index (χ0v) is 30.8. The number of aromatic amines is 1. The van der Waals surface area contributed by atoms with E-state index in [0.29, 0.717) is 12.1 Å². The smallest absolute Gasteiger partial charge is 0.326 e. The van der Waals surface area contributed by atoms with Gasteiger partial charge in [-0.15, -0.1) is 0 Å². The molecular weight excluding hydrogens is 662 g/mol. The fraction of sp³-hybridized carbons (Fsp3) is 0.697. The molecule has 0 unspecified atom stereocenters. The molecule has 18 heteroatoms. The second kappa shape index (κ2) is 22.2. The van der Waals surface area contributed by atoms with E-state index in [1.54, 1.807) is 6.92 Å². The van der Waals surface area contributed by atoms with Crippen LogP contribution in [0.2, 0.25) is 0 Å². The van der Waals surface area contributed by atoms with Crippen LogP contribution in [-0.2, 0) is 35.2 Å². The highest BCUT2D eigenvalue weighted by Crippen LogP contribution is 2.13. The summed E-state index contributed by atoms with van der Waals surface area (Å²) in [6.45, 7) is 12.6. The topological polar surface area (TPSA) is 302 Å². The molecule has 5 amide bonds. The van der Waals surface area contributed by atoms with Crippen LogP contribution in [0.4, 0.5) is 0 Å². The fourth-order valence-electron chi connectivity index (χ4n) is 5.07. The van der Waals surface area contributed by atoms with E-state index in [-0.39, 0.29) is 62.4 Å². The van der Waals surface area contributed by atoms with Gasteiger partial charge in [0, 0.05) is 24.9 Å². The molecule has 0 radical (unpaired) electrons. The minimum Gasteiger partial charge on any atom is -0.480 e. The Morgan fingerprint density at radius 1 is 0.804 bits per heavy atom. The standard InChI is InChI=1S/C33H59N11O7/c1-8-19(6)26(31(49)43-25(32(50)51)13-18(4)5)44-30(48)24(12-17(2)3)42-29(47)23(10-9-11-38-33(35)36)41-27(45)20(7)40-28(46)22(34)14-21-15-37-16-39-21/h15-20,22-26H,8-14,34H2,1-7H3,(H,37,39)(H,40,46)(H,41,45)(H,42,47)(H,43,49)(H,44,48)(H,50,51)(H4,35,36,38)/t19-,20-,22-,23-,24-,25-,26-/m0/s1. The molecule has 0 aromatic carbocycles. The molecule has 1 aromatic heterocycles. The molecule has 1 heterocycles. The normalized spacial score (nSPS) is 15.3. The van der Waals surface area contributed by atoms with Crippen LogP contribution in [0.25, 0.3) is 0 Å². The van der Waals surface area contributed by atoms with Gasteiger partial charge >= 0.3 is 5.97 Å². The highest BCUT2D eigenvalue weighted by Gasteiger charge is 2.34. The summed E-state index contributed by atoms with van der Waals surface area (Å²) in [7, 11) is 0. The molecule has 18 nitrogen and oxygen atoms in total. The van der Waals surface area contributed by atoms with Crippen LogP contribution in [0.1, 0.15) is 86.3 Å². The minimum absolute atomic E-state index is 0.00837. The predicted molar refractivity (Wildman–Crippen MR) is 192 cm³/mol. The van der Waals surface area contributed by atoms with Gasteiger partial charge in [0.15, 0.2) is 5.96 Å². The number of carboxylic acid groups (broad SMARTS) is 1. The number of nitrogens with two attached hydrogens (primary N) is 3. The molecule has 1 rings (SSSR count). The summed E-state index contributed by atoms with van der Waals surface area (Å²) >= 11 is 0. The van der Waals surface area contributed by atoms with Crippen molar-refractivity contribution in [2.45, 2.75) is 123 Å². The zero-order chi connectivity index (χ0) is 38.8. The molecule has 0 aliphatic rings. The highest BCUT2D eigenvalue weighted by molar-refractivity contribution is 5.96. The Bertz CT molecular complexity index is 1320. The number of rotatable bonds is 23. The number of hydrogen-bond donors (Lipinski definition) is 10. The SMILES string of the molecule is CC[C@H](C)[C@H](NC(=O)[C@H](CC(C)C)NC(=O)[C@H](CCCN=C(N)N)NC(=O)[C@H](C)NC(=O)[C@@H](N)Cc1cnc[nH]1)C(=O)N[C@@H](CC(C)C)C(=O)O. The first-order valence-corrected chi connectivity index (χ1v) is 17.4. The van der Waals surface area contributed by atoms with Gasteiger partial charge in [0.25, 0.3) is 0 Å². The van der Waals surface area contributed by atoms with Crippen molar-refractivity contribution in [1.82, 2.24) is 36.6 Å². The number of amides is 5. The van der Waals surface area contributed by atoms with Crippen LogP contribution < -0.4 is 43.8 Å². The Hall–Kier alpha value is -4.74. The van der Waals surface area contributed by atoms with E-state index in [4.69, 9.17) is 17.2 Å². The van der Waals surface area contributed by atoms with Crippen LogP contribution in [0.15, 0.2) is 17.5 Å². The quantitative estimate of drug-likeness (QED) is 0.0371. The van der Waals surface area contributed by atoms with Gasteiger partial charge in [-0.05, 0) is 50.4 Å². The minimum atomic E-state index is -1.19. The maximum absolute atomic E-state index is 13.7. The molecule has 0 fully saturated rings. The number of carbonyl (C=O) groups is 6. The van der Waals surface area contributed by atoms with Crippen molar-refractivity contribution < 1.29 is 33.9 Å². The molecule has 0 aliphatic carbocycles. The Morgan fingerprint density at radius 2 is 1.37 bits per heavy atom. The van der Waals surface area contributed by atoms with Crippen molar-refractivity contribution in [3.05, 3.63) is 18.2 Å². The third-order valence-corrected chi connectivity index (χ3v) is 8.12. The number of nitrogens with one attached hydrogen (secondary N) is 6. The second-order valence-corrected chi connectivity index (χ2v) is 13.7. The Balaban J connectivity index is 3.17. The van der Waals surface area contributed by atoms with Crippen molar-refractivity contribution in [2.75, 3.05) is 6.54 Å². The monoisotopic (exact) mass is 721 g/mol. The fourth-order valence-corrected chi connectivity index (χ4v) is 5.07. The number of carbonyl (C=O) groups excluding carboxylic acids is 5. The van der Waals surface area contributed by atoms with E-state index in [1.165, 1.54) is 19.4 Å². The van der Waals surface area contributed by atoms with Gasteiger partial charge in [0.2, 0.25) is 29.5 Å². The van der Waals surface area contributed by atoms with Gasteiger partial charge < -0.3 is 53.9 Å². The largest absolute Gasteiger partial charge is 0.480 e. The summed E-state index contributed by atoms with van der Waals surface area (Å²) in [5.41, 5.74) is 17.5. The second-order valence-electron chi connectivity index (χ2n) is 13.7. The number of aliphatic carboxylic acids is 1. The molecule has 0 saturated carbocycles. The summed E-state index contributed by atoms with van der Waals surface area (Å²) in [4.78, 5) is 89.1. The third-order valence-electron chi connectivity index (χ3n) is 8.12. The molecule has 7 atom stereocenters. The summed E-state index contributed by atoms with van der Waals surface area (Å²) in [5.74, 6) is -5.02. The van der Waals surface area contributed by atoms with Gasteiger partial charge in [0.05, 0.1) is 12.4 Å². The molecule has 0 aliphatic heterocycles. The van der Waals surface area contributed by atoms with Gasteiger partial charge in [-0.25, -0.2) is 9.78 Å². The molecule has 288 valence electrons. The van der Waals surface area contributed by atoms with Crippen LogP contribution >= 0.6 is 0 Å². The molecule has 1 aromatic rings. The lowest BCUT2D eigenvalue weighted by atomic mass is 9.95. The first-order chi connectivity index (χ1) is 23.9. The lowest BCUT2D eigenvalue weighted by Gasteiger charge is -2.29. The lowest BCUT2D eigenvalue weighted by molar-refractivity contribution is -0.143.